The van der Waals surface area contributed by atoms with Crippen LogP contribution < -0.4 is 10.6 Å². The molecule has 0 aliphatic rings. The van der Waals surface area contributed by atoms with Crippen molar-refractivity contribution in [1.29, 1.82) is 0 Å². The molecule has 1 aromatic heterocycles. The molecule has 0 bridgehead atoms. The van der Waals surface area contributed by atoms with E-state index in [4.69, 9.17) is 0 Å². The molecule has 0 saturated carbocycles. The minimum Gasteiger partial charge on any atom is -0.388 e. The second-order valence-corrected chi connectivity index (χ2v) is 4.93. The molecule has 2 aromatic rings. The van der Waals surface area contributed by atoms with Gasteiger partial charge in [0.15, 0.2) is 0 Å². The van der Waals surface area contributed by atoms with E-state index >= 15 is 0 Å². The number of benzene rings is 1. The van der Waals surface area contributed by atoms with E-state index in [0.29, 0.717) is 24.3 Å². The normalized spacial score (nSPS) is 11.7. The van der Waals surface area contributed by atoms with E-state index in [9.17, 15) is 9.90 Å². The number of carbonyl (C=O) groups excluding carboxylic acids is 1. The molecular weight excluding hydrogens is 278 g/mol. The summed E-state index contributed by atoms with van der Waals surface area (Å²) < 4.78 is 0. The van der Waals surface area contributed by atoms with E-state index in [-0.39, 0.29) is 5.91 Å². The lowest BCUT2D eigenvalue weighted by Crippen LogP contribution is -2.25. The third-order valence-electron chi connectivity index (χ3n) is 3.27. The highest BCUT2D eigenvalue weighted by Gasteiger charge is 2.09. The summed E-state index contributed by atoms with van der Waals surface area (Å²) in [5, 5.41) is 15.9. The first kappa shape index (κ1) is 16.0. The molecule has 5 nitrogen and oxygen atoms in total. The van der Waals surface area contributed by atoms with Gasteiger partial charge in [0.1, 0.15) is 5.82 Å². The molecule has 22 heavy (non-hydrogen) atoms. The lowest BCUT2D eigenvalue weighted by molar-refractivity contribution is 0.0942. The van der Waals surface area contributed by atoms with Crippen LogP contribution >= 0.6 is 0 Å². The fourth-order valence-corrected chi connectivity index (χ4v) is 2.12. The van der Waals surface area contributed by atoms with Gasteiger partial charge in [-0.2, -0.15) is 0 Å². The van der Waals surface area contributed by atoms with Gasteiger partial charge in [0.2, 0.25) is 0 Å². The molecule has 0 aliphatic carbocycles. The summed E-state index contributed by atoms with van der Waals surface area (Å²) in [6.45, 7) is 3.13. The van der Waals surface area contributed by atoms with Crippen molar-refractivity contribution in [3.8, 4) is 0 Å². The molecule has 1 heterocycles. The molecule has 3 N–H and O–H groups in total. The van der Waals surface area contributed by atoms with Crippen LogP contribution in [0.1, 0.15) is 35.4 Å². The van der Waals surface area contributed by atoms with E-state index in [0.717, 1.165) is 12.1 Å². The topological polar surface area (TPSA) is 74.2 Å². The van der Waals surface area contributed by atoms with Crippen molar-refractivity contribution < 1.29 is 9.90 Å². The van der Waals surface area contributed by atoms with Gasteiger partial charge in [-0.05, 0) is 31.0 Å². The van der Waals surface area contributed by atoms with E-state index in [1.165, 1.54) is 0 Å². The second-order valence-electron chi connectivity index (χ2n) is 4.93. The molecule has 1 aromatic carbocycles. The molecule has 0 spiro atoms. The van der Waals surface area contributed by atoms with Crippen LogP contribution in [-0.2, 0) is 0 Å². The number of aromatic nitrogens is 1. The Hall–Kier alpha value is -2.40. The standard InChI is InChI=1S/C17H21N3O2/c1-2-18-16-12-14(8-10-19-16)17(22)20-11-9-15(21)13-6-4-3-5-7-13/h3-8,10,12,15,21H,2,9,11H2,1H3,(H,18,19)(H,20,22)/t15-/m1/s1. The van der Waals surface area contributed by atoms with Gasteiger partial charge in [0.25, 0.3) is 5.91 Å². The lowest BCUT2D eigenvalue weighted by atomic mass is 10.1. The molecule has 1 amide bonds. The van der Waals surface area contributed by atoms with Crippen molar-refractivity contribution >= 4 is 11.7 Å². The first-order valence-corrected chi connectivity index (χ1v) is 7.42. The Kier molecular flexibility index (Phi) is 5.91. The smallest absolute Gasteiger partial charge is 0.251 e. The summed E-state index contributed by atoms with van der Waals surface area (Å²) in [7, 11) is 0. The summed E-state index contributed by atoms with van der Waals surface area (Å²) in [6, 6.07) is 12.8. The van der Waals surface area contributed by atoms with Crippen LogP contribution in [0.2, 0.25) is 0 Å². The van der Waals surface area contributed by atoms with Crippen molar-refractivity contribution in [1.82, 2.24) is 10.3 Å². The molecule has 0 radical (unpaired) electrons. The molecule has 0 fully saturated rings. The van der Waals surface area contributed by atoms with Crippen molar-refractivity contribution in [2.24, 2.45) is 0 Å². The number of hydrogen-bond acceptors (Lipinski definition) is 4. The van der Waals surface area contributed by atoms with Gasteiger partial charge in [-0.1, -0.05) is 30.3 Å². The number of amides is 1. The number of pyridine rings is 1. The van der Waals surface area contributed by atoms with Crippen LogP contribution in [0, 0.1) is 0 Å². The summed E-state index contributed by atoms with van der Waals surface area (Å²) in [6.07, 6.45) is 1.50. The molecule has 1 atom stereocenters. The highest BCUT2D eigenvalue weighted by Crippen LogP contribution is 2.15. The van der Waals surface area contributed by atoms with E-state index in [1.807, 2.05) is 37.3 Å². The van der Waals surface area contributed by atoms with Gasteiger partial charge in [0.05, 0.1) is 6.10 Å². The number of carbonyl (C=O) groups is 1. The van der Waals surface area contributed by atoms with Gasteiger partial charge in [-0.25, -0.2) is 4.98 Å². The Bertz CT molecular complexity index is 602. The maximum atomic E-state index is 12.1. The average Bonchev–Trinajstić information content (AvgIpc) is 2.56. The zero-order valence-corrected chi connectivity index (χ0v) is 12.6. The maximum absolute atomic E-state index is 12.1. The van der Waals surface area contributed by atoms with Crippen LogP contribution in [0.15, 0.2) is 48.7 Å². The number of nitrogens with zero attached hydrogens (tertiary/aromatic N) is 1. The maximum Gasteiger partial charge on any atom is 0.251 e. The van der Waals surface area contributed by atoms with E-state index in [1.54, 1.807) is 18.3 Å². The zero-order valence-electron chi connectivity index (χ0n) is 12.6. The Morgan fingerprint density at radius 1 is 1.27 bits per heavy atom. The van der Waals surface area contributed by atoms with Gasteiger partial charge in [0, 0.05) is 24.8 Å². The Labute approximate surface area is 130 Å². The Morgan fingerprint density at radius 2 is 2.05 bits per heavy atom. The SMILES string of the molecule is CCNc1cc(C(=O)NCC[C@@H](O)c2ccccc2)ccn1. The second kappa shape index (κ2) is 8.14. The Morgan fingerprint density at radius 3 is 2.77 bits per heavy atom. The monoisotopic (exact) mass is 299 g/mol. The van der Waals surface area contributed by atoms with E-state index in [2.05, 4.69) is 15.6 Å². The number of anilines is 1. The molecule has 0 unspecified atom stereocenters. The highest BCUT2D eigenvalue weighted by molar-refractivity contribution is 5.94. The predicted molar refractivity (Wildman–Crippen MR) is 86.8 cm³/mol. The quantitative estimate of drug-likeness (QED) is 0.734. The average molecular weight is 299 g/mol. The van der Waals surface area contributed by atoms with Crippen LogP contribution in [-0.4, -0.2) is 29.1 Å². The number of hydrogen-bond donors (Lipinski definition) is 3. The van der Waals surface area contributed by atoms with Crippen molar-refractivity contribution in [2.75, 3.05) is 18.4 Å². The van der Waals surface area contributed by atoms with Crippen LogP contribution in [0.25, 0.3) is 0 Å². The van der Waals surface area contributed by atoms with Crippen LogP contribution in [0.5, 0.6) is 0 Å². The fourth-order valence-electron chi connectivity index (χ4n) is 2.12. The van der Waals surface area contributed by atoms with Crippen molar-refractivity contribution in [3.63, 3.8) is 0 Å². The number of aliphatic hydroxyl groups excluding tert-OH is 1. The third kappa shape index (κ3) is 4.56. The number of nitrogens with one attached hydrogen (secondary N) is 2. The molecule has 5 heteroatoms. The molecule has 0 saturated heterocycles. The molecule has 2 rings (SSSR count). The van der Waals surface area contributed by atoms with Crippen LogP contribution in [0.4, 0.5) is 5.82 Å². The predicted octanol–water partition coefficient (Wildman–Crippen LogP) is 2.37. The van der Waals surface area contributed by atoms with Gasteiger partial charge >= 0.3 is 0 Å². The van der Waals surface area contributed by atoms with Gasteiger partial charge in [-0.15, -0.1) is 0 Å². The van der Waals surface area contributed by atoms with Gasteiger partial charge < -0.3 is 15.7 Å². The lowest BCUT2D eigenvalue weighted by Gasteiger charge is -2.12. The third-order valence-corrected chi connectivity index (χ3v) is 3.27. The minimum absolute atomic E-state index is 0.165. The van der Waals surface area contributed by atoms with Crippen LogP contribution in [0.3, 0.4) is 0 Å². The minimum atomic E-state index is -0.573. The molecule has 116 valence electrons. The van der Waals surface area contributed by atoms with Gasteiger partial charge in [-0.3, -0.25) is 4.79 Å². The molecule has 0 aliphatic heterocycles. The number of aliphatic hydroxyl groups is 1. The summed E-state index contributed by atoms with van der Waals surface area (Å²) in [5.74, 6) is 0.515. The first-order valence-electron chi connectivity index (χ1n) is 7.42. The number of rotatable bonds is 7. The summed E-state index contributed by atoms with van der Waals surface area (Å²) >= 11 is 0. The van der Waals surface area contributed by atoms with Crippen molar-refractivity contribution in [2.45, 2.75) is 19.4 Å². The largest absolute Gasteiger partial charge is 0.388 e. The fraction of sp³-hybridized carbons (Fsp3) is 0.294. The first-order chi connectivity index (χ1) is 10.7. The Balaban J connectivity index is 1.84. The molecular formula is C17H21N3O2. The highest BCUT2D eigenvalue weighted by atomic mass is 16.3. The zero-order chi connectivity index (χ0) is 15.8. The summed E-state index contributed by atoms with van der Waals surface area (Å²) in [5.41, 5.74) is 1.41. The van der Waals surface area contributed by atoms with E-state index < -0.39 is 6.10 Å². The van der Waals surface area contributed by atoms with Crippen molar-refractivity contribution in [3.05, 3.63) is 59.8 Å². The summed E-state index contributed by atoms with van der Waals surface area (Å²) in [4.78, 5) is 16.2.